The molecular formula is C14H21F2N3O2S. The number of halogens is 2. The summed E-state index contributed by atoms with van der Waals surface area (Å²) in [5, 5.41) is 6.39. The van der Waals surface area contributed by atoms with Gasteiger partial charge in [-0.2, -0.15) is 0 Å². The number of aromatic nitrogens is 1. The number of rotatable bonds is 5. The highest BCUT2D eigenvalue weighted by molar-refractivity contribution is 7.15. The van der Waals surface area contributed by atoms with Crippen LogP contribution in [-0.4, -0.2) is 29.1 Å². The first-order chi connectivity index (χ1) is 10.1. The van der Waals surface area contributed by atoms with Crippen molar-refractivity contribution in [2.24, 2.45) is 5.92 Å². The summed E-state index contributed by atoms with van der Waals surface area (Å²) in [4.78, 5) is 16.6. The maximum Gasteiger partial charge on any atom is 0.407 e. The predicted molar refractivity (Wildman–Crippen MR) is 81.3 cm³/mol. The standard InChI is InChI=1S/C14H21F2N3O2S/c1-13(2,3)21-12(20)19-8-10-7-18-11(22-10)17-6-9-4-14(15,16)5-9/h7,9H,4-6,8H2,1-3H3,(H,17,18)(H,19,20). The minimum atomic E-state index is -2.49. The zero-order valence-corrected chi connectivity index (χ0v) is 13.7. The fraction of sp³-hybridized carbons (Fsp3) is 0.714. The summed E-state index contributed by atoms with van der Waals surface area (Å²) in [6, 6.07) is 0. The number of alkyl carbamates (subject to hydrolysis) is 1. The van der Waals surface area contributed by atoms with Gasteiger partial charge in [0.15, 0.2) is 5.13 Å². The molecule has 0 saturated heterocycles. The van der Waals surface area contributed by atoms with Gasteiger partial charge < -0.3 is 15.4 Å². The third kappa shape index (κ3) is 5.40. The van der Waals surface area contributed by atoms with Gasteiger partial charge >= 0.3 is 6.09 Å². The molecular weight excluding hydrogens is 312 g/mol. The SMILES string of the molecule is CC(C)(C)OC(=O)NCc1cnc(NCC2CC(F)(F)C2)s1. The smallest absolute Gasteiger partial charge is 0.407 e. The van der Waals surface area contributed by atoms with E-state index in [1.54, 1.807) is 27.0 Å². The van der Waals surface area contributed by atoms with Gasteiger partial charge in [0, 0.05) is 30.5 Å². The van der Waals surface area contributed by atoms with Crippen molar-refractivity contribution >= 4 is 22.6 Å². The Morgan fingerprint density at radius 3 is 2.77 bits per heavy atom. The Bertz CT molecular complexity index is 520. The first-order valence-electron chi connectivity index (χ1n) is 7.16. The quantitative estimate of drug-likeness (QED) is 0.864. The fourth-order valence-corrected chi connectivity index (χ4v) is 2.86. The molecule has 1 aromatic heterocycles. The molecule has 22 heavy (non-hydrogen) atoms. The fourth-order valence-electron chi connectivity index (χ4n) is 2.11. The molecule has 0 radical (unpaired) electrons. The number of amides is 1. The van der Waals surface area contributed by atoms with E-state index in [1.165, 1.54) is 11.3 Å². The number of ether oxygens (including phenoxy) is 1. The van der Waals surface area contributed by atoms with Gasteiger partial charge in [0.05, 0.1) is 6.54 Å². The molecule has 1 amide bonds. The number of anilines is 1. The van der Waals surface area contributed by atoms with Gasteiger partial charge in [-0.15, -0.1) is 11.3 Å². The van der Waals surface area contributed by atoms with E-state index in [0.717, 1.165) is 4.88 Å². The van der Waals surface area contributed by atoms with Crippen LogP contribution in [0, 0.1) is 5.92 Å². The average molecular weight is 333 g/mol. The van der Waals surface area contributed by atoms with Crippen LogP contribution >= 0.6 is 11.3 Å². The van der Waals surface area contributed by atoms with Crippen LogP contribution in [0.1, 0.15) is 38.5 Å². The summed E-state index contributed by atoms with van der Waals surface area (Å²) in [6.45, 7) is 6.22. The minimum absolute atomic E-state index is 0.00207. The molecule has 5 nitrogen and oxygen atoms in total. The number of nitrogens with one attached hydrogen (secondary N) is 2. The van der Waals surface area contributed by atoms with Gasteiger partial charge in [0.2, 0.25) is 5.92 Å². The molecule has 1 aromatic rings. The van der Waals surface area contributed by atoms with Crippen LogP contribution in [0.3, 0.4) is 0 Å². The van der Waals surface area contributed by atoms with Crippen LogP contribution in [0.25, 0.3) is 0 Å². The van der Waals surface area contributed by atoms with E-state index in [4.69, 9.17) is 4.74 Å². The third-order valence-electron chi connectivity index (χ3n) is 3.08. The first kappa shape index (κ1) is 16.9. The van der Waals surface area contributed by atoms with Gasteiger partial charge in [-0.1, -0.05) is 0 Å². The van der Waals surface area contributed by atoms with Crippen molar-refractivity contribution in [2.75, 3.05) is 11.9 Å². The largest absolute Gasteiger partial charge is 0.444 e. The highest BCUT2D eigenvalue weighted by Gasteiger charge is 2.44. The van der Waals surface area contributed by atoms with E-state index < -0.39 is 17.6 Å². The van der Waals surface area contributed by atoms with Crippen LogP contribution in [-0.2, 0) is 11.3 Å². The second-order valence-electron chi connectivity index (χ2n) is 6.50. The highest BCUT2D eigenvalue weighted by atomic mass is 32.1. The molecule has 0 atom stereocenters. The molecule has 0 aliphatic heterocycles. The minimum Gasteiger partial charge on any atom is -0.444 e. The lowest BCUT2D eigenvalue weighted by Gasteiger charge is -2.34. The van der Waals surface area contributed by atoms with Crippen LogP contribution < -0.4 is 10.6 Å². The maximum absolute atomic E-state index is 12.7. The van der Waals surface area contributed by atoms with Gasteiger partial charge in [0.1, 0.15) is 5.60 Å². The van der Waals surface area contributed by atoms with Crippen LogP contribution in [0.4, 0.5) is 18.7 Å². The molecule has 1 aliphatic rings. The topological polar surface area (TPSA) is 63.2 Å². The average Bonchev–Trinajstić information content (AvgIpc) is 2.77. The Balaban J connectivity index is 1.69. The van der Waals surface area contributed by atoms with E-state index in [-0.39, 0.29) is 18.8 Å². The van der Waals surface area contributed by atoms with Gasteiger partial charge in [-0.25, -0.2) is 18.6 Å². The lowest BCUT2D eigenvalue weighted by Crippen LogP contribution is -2.39. The summed E-state index contributed by atoms with van der Waals surface area (Å²) < 4.78 is 30.6. The Morgan fingerprint density at radius 1 is 1.50 bits per heavy atom. The van der Waals surface area contributed by atoms with Crippen molar-refractivity contribution in [3.05, 3.63) is 11.1 Å². The molecule has 0 unspecified atom stereocenters. The summed E-state index contributed by atoms with van der Waals surface area (Å²) in [5.74, 6) is -2.49. The summed E-state index contributed by atoms with van der Waals surface area (Å²) in [7, 11) is 0. The maximum atomic E-state index is 12.7. The van der Waals surface area contributed by atoms with Crippen LogP contribution in [0.2, 0.25) is 0 Å². The second-order valence-corrected chi connectivity index (χ2v) is 7.61. The number of carbonyl (C=O) groups is 1. The Hall–Kier alpha value is -1.44. The number of thiazole rings is 1. The molecule has 1 heterocycles. The van der Waals surface area contributed by atoms with Crippen molar-refractivity contribution < 1.29 is 18.3 Å². The summed E-state index contributed by atoms with van der Waals surface area (Å²) in [6.07, 6.45) is 1.06. The van der Waals surface area contributed by atoms with E-state index >= 15 is 0 Å². The summed E-state index contributed by atoms with van der Waals surface area (Å²) in [5.41, 5.74) is -0.532. The molecule has 8 heteroatoms. The van der Waals surface area contributed by atoms with Crippen LogP contribution in [0.15, 0.2) is 6.20 Å². The molecule has 1 fully saturated rings. The third-order valence-corrected chi connectivity index (χ3v) is 4.03. The summed E-state index contributed by atoms with van der Waals surface area (Å²) >= 11 is 1.39. The van der Waals surface area contributed by atoms with E-state index in [2.05, 4.69) is 15.6 Å². The van der Waals surface area contributed by atoms with Crippen LogP contribution in [0.5, 0.6) is 0 Å². The lowest BCUT2D eigenvalue weighted by atomic mass is 9.81. The Labute approximate surface area is 132 Å². The Kier molecular flexibility index (Phi) is 4.89. The zero-order valence-electron chi connectivity index (χ0n) is 12.9. The molecule has 1 aliphatic carbocycles. The van der Waals surface area contributed by atoms with Crippen molar-refractivity contribution in [3.8, 4) is 0 Å². The van der Waals surface area contributed by atoms with Gasteiger partial charge in [-0.05, 0) is 26.7 Å². The van der Waals surface area contributed by atoms with E-state index in [9.17, 15) is 13.6 Å². The number of alkyl halides is 2. The normalized spacial score (nSPS) is 17.7. The number of carbonyl (C=O) groups excluding carboxylic acids is 1. The van der Waals surface area contributed by atoms with E-state index in [1.807, 2.05) is 0 Å². The second kappa shape index (κ2) is 6.36. The predicted octanol–water partition coefficient (Wildman–Crippen LogP) is 3.63. The zero-order chi connectivity index (χ0) is 16.4. The van der Waals surface area contributed by atoms with Crippen molar-refractivity contribution in [1.29, 1.82) is 0 Å². The highest BCUT2D eigenvalue weighted by Crippen LogP contribution is 2.42. The first-order valence-corrected chi connectivity index (χ1v) is 7.98. The number of hydrogen-bond acceptors (Lipinski definition) is 5. The lowest BCUT2D eigenvalue weighted by molar-refractivity contribution is -0.106. The monoisotopic (exact) mass is 333 g/mol. The molecule has 124 valence electrons. The molecule has 2 rings (SSSR count). The molecule has 0 aromatic carbocycles. The molecule has 1 saturated carbocycles. The van der Waals surface area contributed by atoms with Crippen molar-refractivity contribution in [2.45, 2.75) is 51.7 Å². The van der Waals surface area contributed by atoms with Crippen molar-refractivity contribution in [1.82, 2.24) is 10.3 Å². The Morgan fingerprint density at radius 2 is 2.18 bits per heavy atom. The van der Waals surface area contributed by atoms with Gasteiger partial charge in [-0.3, -0.25) is 0 Å². The van der Waals surface area contributed by atoms with E-state index in [0.29, 0.717) is 18.2 Å². The molecule has 0 spiro atoms. The molecule has 2 N–H and O–H groups in total. The van der Waals surface area contributed by atoms with Gasteiger partial charge in [0.25, 0.3) is 0 Å². The number of hydrogen-bond donors (Lipinski definition) is 2. The number of nitrogens with zero attached hydrogens (tertiary/aromatic N) is 1. The van der Waals surface area contributed by atoms with Crippen molar-refractivity contribution in [3.63, 3.8) is 0 Å². The molecule has 0 bridgehead atoms.